The second-order valence-corrected chi connectivity index (χ2v) is 9.68. The van der Waals surface area contributed by atoms with Crippen molar-refractivity contribution in [2.24, 2.45) is 11.8 Å². The highest BCUT2D eigenvalue weighted by molar-refractivity contribution is 5.82. The van der Waals surface area contributed by atoms with Gasteiger partial charge in [0, 0.05) is 19.0 Å². The minimum absolute atomic E-state index is 0.0737. The van der Waals surface area contributed by atoms with Gasteiger partial charge in [-0.1, -0.05) is 35.9 Å². The van der Waals surface area contributed by atoms with Gasteiger partial charge < -0.3 is 15.0 Å². The van der Waals surface area contributed by atoms with Crippen LogP contribution in [0.25, 0.3) is 0 Å². The van der Waals surface area contributed by atoms with Gasteiger partial charge in [0.1, 0.15) is 5.75 Å². The Morgan fingerprint density at radius 1 is 1.12 bits per heavy atom. The summed E-state index contributed by atoms with van der Waals surface area (Å²) in [5, 5.41) is 2.99. The molecule has 1 heterocycles. The lowest BCUT2D eigenvalue weighted by atomic mass is 9.87. The van der Waals surface area contributed by atoms with Crippen molar-refractivity contribution >= 4 is 11.8 Å². The van der Waals surface area contributed by atoms with Crippen LogP contribution in [0.1, 0.15) is 60.9 Å². The van der Waals surface area contributed by atoms with E-state index < -0.39 is 6.10 Å². The number of aryl methyl sites for hydroxylation is 1. The average molecular weight is 433 g/mol. The summed E-state index contributed by atoms with van der Waals surface area (Å²) in [4.78, 5) is 27.7. The van der Waals surface area contributed by atoms with Crippen molar-refractivity contribution in [3.8, 4) is 5.75 Å². The molecular weight excluding hydrogens is 400 g/mol. The molecule has 2 aromatic rings. The minimum atomic E-state index is -0.558. The van der Waals surface area contributed by atoms with Gasteiger partial charge in [-0.3, -0.25) is 9.59 Å². The highest BCUT2D eigenvalue weighted by Crippen LogP contribution is 2.41. The molecule has 2 fully saturated rings. The minimum Gasteiger partial charge on any atom is -0.481 e. The monoisotopic (exact) mass is 432 g/mol. The molecule has 2 saturated carbocycles. The van der Waals surface area contributed by atoms with Crippen molar-refractivity contribution in [2.75, 3.05) is 13.1 Å². The Bertz CT molecular complexity index is 1030. The molecule has 0 radical (unpaired) electrons. The first-order valence-corrected chi connectivity index (χ1v) is 11.9. The van der Waals surface area contributed by atoms with Crippen LogP contribution in [0.3, 0.4) is 0 Å². The van der Waals surface area contributed by atoms with E-state index in [-0.39, 0.29) is 23.8 Å². The zero-order valence-corrected chi connectivity index (χ0v) is 19.0. The van der Waals surface area contributed by atoms with Crippen molar-refractivity contribution < 1.29 is 14.3 Å². The third-order valence-corrected chi connectivity index (χ3v) is 6.86. The van der Waals surface area contributed by atoms with Crippen LogP contribution in [0.5, 0.6) is 5.75 Å². The van der Waals surface area contributed by atoms with Gasteiger partial charge in [0.05, 0.1) is 6.04 Å². The summed E-state index contributed by atoms with van der Waals surface area (Å²) in [5.74, 6) is 1.69. The predicted molar refractivity (Wildman–Crippen MR) is 123 cm³/mol. The smallest absolute Gasteiger partial charge is 0.260 e. The number of hydrogen-bond donors (Lipinski definition) is 1. The summed E-state index contributed by atoms with van der Waals surface area (Å²) in [6.07, 6.45) is 4.69. The molecule has 0 aromatic heterocycles. The second kappa shape index (κ2) is 8.61. The third-order valence-electron chi connectivity index (χ3n) is 6.86. The summed E-state index contributed by atoms with van der Waals surface area (Å²) in [7, 11) is 0. The van der Waals surface area contributed by atoms with Crippen LogP contribution in [-0.2, 0) is 16.0 Å². The number of carbonyl (C=O) groups excluding carboxylic acids is 2. The van der Waals surface area contributed by atoms with Crippen molar-refractivity contribution in [1.29, 1.82) is 0 Å². The number of ether oxygens (including phenoxy) is 1. The van der Waals surface area contributed by atoms with Crippen molar-refractivity contribution in [3.63, 3.8) is 0 Å². The Morgan fingerprint density at radius 2 is 1.94 bits per heavy atom. The van der Waals surface area contributed by atoms with Gasteiger partial charge in [-0.25, -0.2) is 0 Å². The van der Waals surface area contributed by atoms with Crippen LogP contribution in [-0.4, -0.2) is 35.9 Å². The van der Waals surface area contributed by atoms with Crippen molar-refractivity contribution in [1.82, 2.24) is 10.2 Å². The first-order valence-electron chi connectivity index (χ1n) is 11.9. The Hall–Kier alpha value is -2.82. The zero-order chi connectivity index (χ0) is 22.2. The molecule has 0 bridgehead atoms. The van der Waals surface area contributed by atoms with Crippen molar-refractivity contribution in [3.05, 3.63) is 64.7 Å². The molecule has 1 aliphatic heterocycles. The molecule has 2 aliphatic carbocycles. The van der Waals surface area contributed by atoms with Gasteiger partial charge in [-0.2, -0.15) is 0 Å². The van der Waals surface area contributed by atoms with Gasteiger partial charge in [-0.05, 0) is 80.7 Å². The fourth-order valence-corrected chi connectivity index (χ4v) is 4.64. The van der Waals surface area contributed by atoms with E-state index in [4.69, 9.17) is 4.74 Å². The van der Waals surface area contributed by atoms with Crippen LogP contribution in [0.4, 0.5) is 0 Å². The molecule has 0 saturated heterocycles. The molecule has 5 rings (SSSR count). The topological polar surface area (TPSA) is 58.6 Å². The number of amides is 2. The number of benzene rings is 2. The first-order chi connectivity index (χ1) is 15.5. The van der Waals surface area contributed by atoms with Gasteiger partial charge in [-0.15, -0.1) is 0 Å². The fraction of sp³-hybridized carbons (Fsp3) is 0.481. The Morgan fingerprint density at radius 3 is 2.66 bits per heavy atom. The number of rotatable bonds is 7. The number of nitrogens with zero attached hydrogens (tertiary/aromatic N) is 1. The van der Waals surface area contributed by atoms with E-state index in [2.05, 4.69) is 47.5 Å². The molecule has 2 aromatic carbocycles. The SMILES string of the molecule is Cc1cccc(C2c3cc(OC(C)C(=O)NCC4CC4)ccc3CCN2C(=O)C2CC2)c1. The molecule has 2 atom stereocenters. The predicted octanol–water partition coefficient (Wildman–Crippen LogP) is 4.17. The molecule has 1 N–H and O–H groups in total. The largest absolute Gasteiger partial charge is 0.481 e. The van der Waals surface area contributed by atoms with Gasteiger partial charge >= 0.3 is 0 Å². The first kappa shape index (κ1) is 21.0. The summed E-state index contributed by atoms with van der Waals surface area (Å²) in [6, 6.07) is 14.4. The van der Waals surface area contributed by atoms with E-state index in [1.54, 1.807) is 6.92 Å². The lowest BCUT2D eigenvalue weighted by Crippen LogP contribution is -2.41. The molecule has 32 heavy (non-hydrogen) atoms. The van der Waals surface area contributed by atoms with Gasteiger partial charge in [0.15, 0.2) is 6.10 Å². The highest BCUT2D eigenvalue weighted by atomic mass is 16.5. The second-order valence-electron chi connectivity index (χ2n) is 9.68. The fourth-order valence-electron chi connectivity index (χ4n) is 4.64. The lowest BCUT2D eigenvalue weighted by Gasteiger charge is -2.38. The van der Waals surface area contributed by atoms with E-state index >= 15 is 0 Å². The van der Waals surface area contributed by atoms with E-state index in [0.717, 1.165) is 43.5 Å². The Labute approximate surface area is 190 Å². The molecule has 3 aliphatic rings. The molecule has 5 heteroatoms. The van der Waals surface area contributed by atoms with E-state index in [1.165, 1.54) is 24.0 Å². The summed E-state index contributed by atoms with van der Waals surface area (Å²) >= 11 is 0. The summed E-state index contributed by atoms with van der Waals surface area (Å²) < 4.78 is 6.04. The summed E-state index contributed by atoms with van der Waals surface area (Å²) in [6.45, 7) is 5.36. The van der Waals surface area contributed by atoms with E-state index in [1.807, 2.05) is 12.1 Å². The number of hydrogen-bond acceptors (Lipinski definition) is 3. The van der Waals surface area contributed by atoms with Gasteiger partial charge in [0.2, 0.25) is 5.91 Å². The molecule has 5 nitrogen and oxygen atoms in total. The van der Waals surface area contributed by atoms with Crippen LogP contribution >= 0.6 is 0 Å². The maximum atomic E-state index is 13.2. The quantitative estimate of drug-likeness (QED) is 0.714. The summed E-state index contributed by atoms with van der Waals surface area (Å²) in [5.41, 5.74) is 4.67. The molecular formula is C27H32N2O3. The lowest BCUT2D eigenvalue weighted by molar-refractivity contribution is -0.134. The third kappa shape index (κ3) is 4.52. The van der Waals surface area contributed by atoms with E-state index in [9.17, 15) is 9.59 Å². The van der Waals surface area contributed by atoms with Gasteiger partial charge in [0.25, 0.3) is 5.91 Å². The van der Waals surface area contributed by atoms with Crippen LogP contribution in [0, 0.1) is 18.8 Å². The van der Waals surface area contributed by atoms with Crippen LogP contribution in [0.2, 0.25) is 0 Å². The molecule has 168 valence electrons. The Kier molecular flexibility index (Phi) is 5.66. The average Bonchev–Trinajstić information content (AvgIpc) is 3.70. The van der Waals surface area contributed by atoms with Crippen molar-refractivity contribution in [2.45, 2.75) is 58.1 Å². The van der Waals surface area contributed by atoms with Crippen LogP contribution in [0.15, 0.2) is 42.5 Å². The molecule has 0 spiro atoms. The van der Waals surface area contributed by atoms with E-state index in [0.29, 0.717) is 11.7 Å². The molecule has 2 unspecified atom stereocenters. The standard InChI is InChI=1S/C27H32N2O3/c1-17-4-3-5-22(14-17)25-24-15-23(32-18(2)26(30)28-16-19-6-7-19)11-10-20(24)12-13-29(25)27(31)21-8-9-21/h3-5,10-11,14-15,18-19,21,25H,6-9,12-13,16H2,1-2H3,(H,28,30). The molecule has 2 amide bonds. The maximum Gasteiger partial charge on any atom is 0.260 e. The number of fused-ring (bicyclic) bond motifs is 1. The zero-order valence-electron chi connectivity index (χ0n) is 19.0. The highest BCUT2D eigenvalue weighted by Gasteiger charge is 2.39. The normalized spacial score (nSPS) is 20.9. The number of nitrogens with one attached hydrogen (secondary N) is 1. The Balaban J connectivity index is 1.42. The maximum absolute atomic E-state index is 13.2. The number of carbonyl (C=O) groups is 2. The van der Waals surface area contributed by atoms with Crippen LogP contribution < -0.4 is 10.1 Å².